The van der Waals surface area contributed by atoms with Crippen molar-refractivity contribution in [2.75, 3.05) is 12.4 Å². The number of ether oxygens (including phenoxy) is 1. The number of aromatic nitrogens is 4. The predicted molar refractivity (Wildman–Crippen MR) is 90.2 cm³/mol. The Hall–Kier alpha value is -3.01. The van der Waals surface area contributed by atoms with E-state index in [0.717, 1.165) is 17.3 Å². The minimum Gasteiger partial charge on any atom is -0.465 e. The Morgan fingerprint density at radius 2 is 2.08 bits per heavy atom. The first-order chi connectivity index (χ1) is 12.1. The highest BCUT2D eigenvalue weighted by Gasteiger charge is 2.13. The number of esters is 1. The van der Waals surface area contributed by atoms with Crippen LogP contribution in [0.1, 0.15) is 6.92 Å². The summed E-state index contributed by atoms with van der Waals surface area (Å²) in [4.78, 5) is 30.2. The molecule has 128 valence electrons. The lowest BCUT2D eigenvalue weighted by atomic mass is 10.1. The molecule has 0 N–H and O–H groups in total. The predicted octanol–water partition coefficient (Wildman–Crippen LogP) is 2.35. The molecule has 0 radical (unpaired) electrons. The van der Waals surface area contributed by atoms with Crippen molar-refractivity contribution in [3.05, 3.63) is 46.6 Å². The number of hydrogen-bond acceptors (Lipinski definition) is 8. The van der Waals surface area contributed by atoms with E-state index in [2.05, 4.69) is 15.1 Å². The molecule has 0 amide bonds. The first-order valence-electron chi connectivity index (χ1n) is 7.33. The molecular weight excluding hydrogens is 346 g/mol. The molecule has 25 heavy (non-hydrogen) atoms. The Labute approximate surface area is 146 Å². The fourth-order valence-electron chi connectivity index (χ4n) is 2.14. The van der Waals surface area contributed by atoms with Crippen LogP contribution in [0.4, 0.5) is 5.69 Å². The molecule has 0 saturated carbocycles. The number of benzene rings is 1. The monoisotopic (exact) mass is 359 g/mol. The van der Waals surface area contributed by atoms with Crippen molar-refractivity contribution >= 4 is 29.2 Å². The van der Waals surface area contributed by atoms with Gasteiger partial charge in [-0.05, 0) is 25.1 Å². The van der Waals surface area contributed by atoms with Gasteiger partial charge in [0.15, 0.2) is 0 Å². The molecule has 0 bridgehead atoms. The highest BCUT2D eigenvalue weighted by molar-refractivity contribution is 7.99. The zero-order chi connectivity index (χ0) is 17.8. The molecule has 1 aromatic carbocycles. The molecule has 0 saturated heterocycles. The van der Waals surface area contributed by atoms with E-state index >= 15 is 0 Å². The van der Waals surface area contributed by atoms with Crippen LogP contribution >= 0.6 is 11.8 Å². The zero-order valence-electron chi connectivity index (χ0n) is 13.2. The van der Waals surface area contributed by atoms with E-state index in [0.29, 0.717) is 23.2 Å². The maximum Gasteiger partial charge on any atom is 0.316 e. The number of hydrogen-bond donors (Lipinski definition) is 0. The van der Waals surface area contributed by atoms with Crippen molar-refractivity contribution in [2.45, 2.75) is 12.1 Å². The number of thioether (sulfide) groups is 1. The zero-order valence-corrected chi connectivity index (χ0v) is 14.0. The van der Waals surface area contributed by atoms with Crippen LogP contribution in [0.3, 0.4) is 0 Å². The fraction of sp³-hybridized carbons (Fsp3) is 0.200. The second-order valence-corrected chi connectivity index (χ2v) is 5.78. The normalized spacial score (nSPS) is 10.8. The minimum atomic E-state index is -0.453. The highest BCUT2D eigenvalue weighted by atomic mass is 32.2. The van der Waals surface area contributed by atoms with Crippen molar-refractivity contribution in [3.63, 3.8) is 0 Å². The average Bonchev–Trinajstić information content (AvgIpc) is 3.03. The van der Waals surface area contributed by atoms with Gasteiger partial charge >= 0.3 is 5.97 Å². The van der Waals surface area contributed by atoms with Crippen molar-refractivity contribution in [3.8, 4) is 11.3 Å². The Balaban J connectivity index is 1.89. The molecular formula is C15H13N5O4S. The summed E-state index contributed by atoms with van der Waals surface area (Å²) >= 11 is 1.16. The number of nitrogens with zero attached hydrogens (tertiary/aromatic N) is 5. The molecule has 2 heterocycles. The van der Waals surface area contributed by atoms with Gasteiger partial charge in [0.2, 0.25) is 5.16 Å². The van der Waals surface area contributed by atoms with E-state index in [9.17, 15) is 14.9 Å². The summed E-state index contributed by atoms with van der Waals surface area (Å²) in [6.45, 7) is 2.07. The Morgan fingerprint density at radius 3 is 2.76 bits per heavy atom. The van der Waals surface area contributed by atoms with Crippen LogP contribution in [-0.4, -0.2) is 42.8 Å². The van der Waals surface area contributed by atoms with Gasteiger partial charge < -0.3 is 4.74 Å². The Morgan fingerprint density at radius 1 is 1.32 bits per heavy atom. The molecule has 3 rings (SSSR count). The number of nitro benzene ring substituents is 1. The first-order valence-corrected chi connectivity index (χ1v) is 8.32. The van der Waals surface area contributed by atoms with Gasteiger partial charge in [-0.15, -0.1) is 5.10 Å². The summed E-state index contributed by atoms with van der Waals surface area (Å²) in [5.74, 6) is 0.148. The number of nitro groups is 1. The van der Waals surface area contributed by atoms with E-state index in [1.54, 1.807) is 31.3 Å². The molecule has 10 heteroatoms. The summed E-state index contributed by atoms with van der Waals surface area (Å²) < 4.78 is 6.40. The van der Waals surface area contributed by atoms with E-state index in [1.165, 1.54) is 16.6 Å². The lowest BCUT2D eigenvalue weighted by Crippen LogP contribution is -2.06. The number of carbonyl (C=O) groups excluding carboxylic acids is 1. The summed E-state index contributed by atoms with van der Waals surface area (Å²) in [5.41, 5.74) is 1.44. The third kappa shape index (κ3) is 3.74. The van der Waals surface area contributed by atoms with Crippen molar-refractivity contribution < 1.29 is 14.5 Å². The third-order valence-electron chi connectivity index (χ3n) is 3.22. The lowest BCUT2D eigenvalue weighted by Gasteiger charge is -2.03. The maximum atomic E-state index is 11.4. The summed E-state index contributed by atoms with van der Waals surface area (Å²) in [6, 6.07) is 7.87. The van der Waals surface area contributed by atoms with Crippen LogP contribution in [0.5, 0.6) is 0 Å². The Bertz CT molecular complexity index is 925. The van der Waals surface area contributed by atoms with E-state index in [1.807, 2.05) is 0 Å². The summed E-state index contributed by atoms with van der Waals surface area (Å²) in [5, 5.41) is 15.5. The molecule has 0 aliphatic rings. The number of fused-ring (bicyclic) bond motifs is 1. The van der Waals surface area contributed by atoms with E-state index < -0.39 is 4.92 Å². The van der Waals surface area contributed by atoms with Gasteiger partial charge in [0, 0.05) is 23.9 Å². The molecule has 0 unspecified atom stereocenters. The second-order valence-electron chi connectivity index (χ2n) is 4.83. The molecule has 0 aliphatic carbocycles. The third-order valence-corrected chi connectivity index (χ3v) is 4.03. The molecule has 0 fully saturated rings. The van der Waals surface area contributed by atoms with Crippen LogP contribution < -0.4 is 0 Å². The lowest BCUT2D eigenvalue weighted by molar-refractivity contribution is -0.384. The number of rotatable bonds is 6. The summed E-state index contributed by atoms with van der Waals surface area (Å²) in [6.07, 6.45) is 1.58. The van der Waals surface area contributed by atoms with Crippen molar-refractivity contribution in [2.24, 2.45) is 0 Å². The maximum absolute atomic E-state index is 11.4. The van der Waals surface area contributed by atoms with Gasteiger partial charge in [-0.2, -0.15) is 9.50 Å². The van der Waals surface area contributed by atoms with Crippen LogP contribution in [0, 0.1) is 10.1 Å². The molecule has 3 aromatic rings. The van der Waals surface area contributed by atoms with Crippen LogP contribution in [0.25, 0.3) is 17.0 Å². The van der Waals surface area contributed by atoms with E-state index in [4.69, 9.17) is 4.74 Å². The largest absolute Gasteiger partial charge is 0.465 e. The topological polar surface area (TPSA) is 113 Å². The van der Waals surface area contributed by atoms with Crippen molar-refractivity contribution in [1.82, 2.24) is 19.6 Å². The first kappa shape index (κ1) is 16.8. The smallest absolute Gasteiger partial charge is 0.316 e. The van der Waals surface area contributed by atoms with Crippen LogP contribution in [0.15, 0.2) is 41.7 Å². The quantitative estimate of drug-likeness (QED) is 0.285. The van der Waals surface area contributed by atoms with E-state index in [-0.39, 0.29) is 17.4 Å². The molecule has 0 spiro atoms. The Kier molecular flexibility index (Phi) is 4.89. The van der Waals surface area contributed by atoms with Crippen molar-refractivity contribution in [1.29, 1.82) is 0 Å². The average molecular weight is 359 g/mol. The standard InChI is InChI=1S/C15H13N5O4S/c1-2-24-13(21)9-25-15-17-14-16-8-7-12(19(14)18-15)10-3-5-11(6-4-10)20(22)23/h3-8H,2,9H2,1H3. The number of non-ortho nitro benzene ring substituents is 1. The molecule has 0 atom stereocenters. The van der Waals surface area contributed by atoms with Gasteiger partial charge in [-0.3, -0.25) is 14.9 Å². The van der Waals surface area contributed by atoms with Gasteiger partial charge in [-0.1, -0.05) is 11.8 Å². The highest BCUT2D eigenvalue weighted by Crippen LogP contribution is 2.23. The van der Waals surface area contributed by atoms with Crippen LogP contribution in [-0.2, 0) is 9.53 Å². The minimum absolute atomic E-state index is 0.0123. The second kappa shape index (κ2) is 7.26. The van der Waals surface area contributed by atoms with Gasteiger partial charge in [0.05, 0.1) is 23.0 Å². The van der Waals surface area contributed by atoms with Gasteiger partial charge in [0.25, 0.3) is 11.5 Å². The number of carbonyl (C=O) groups is 1. The van der Waals surface area contributed by atoms with Gasteiger partial charge in [0.1, 0.15) is 0 Å². The molecule has 0 aliphatic heterocycles. The molecule has 2 aromatic heterocycles. The summed E-state index contributed by atoms with van der Waals surface area (Å²) in [7, 11) is 0. The fourth-order valence-corrected chi connectivity index (χ4v) is 2.75. The SMILES string of the molecule is CCOC(=O)CSc1nc2nccc(-c3ccc([N+](=O)[O-])cc3)n2n1. The van der Waals surface area contributed by atoms with Gasteiger partial charge in [-0.25, -0.2) is 4.98 Å². The molecule has 9 nitrogen and oxygen atoms in total. The van der Waals surface area contributed by atoms with Crippen LogP contribution in [0.2, 0.25) is 0 Å².